The Kier molecular flexibility index (Phi) is 7.62. The van der Waals surface area contributed by atoms with Gasteiger partial charge >= 0.3 is 0 Å². The zero-order valence-electron chi connectivity index (χ0n) is 23.2. The fourth-order valence-corrected chi connectivity index (χ4v) is 6.90. The van der Waals surface area contributed by atoms with Crippen molar-refractivity contribution in [3.63, 3.8) is 0 Å². The van der Waals surface area contributed by atoms with Gasteiger partial charge in [0, 0.05) is 31.5 Å². The highest BCUT2D eigenvalue weighted by Gasteiger charge is 2.43. The predicted octanol–water partition coefficient (Wildman–Crippen LogP) is 7.62. The van der Waals surface area contributed by atoms with Crippen molar-refractivity contribution >= 4 is 16.7 Å². The van der Waals surface area contributed by atoms with E-state index in [0.29, 0.717) is 0 Å². The molecule has 2 atom stereocenters. The van der Waals surface area contributed by atoms with Gasteiger partial charge in [0.2, 0.25) is 0 Å². The Labute approximate surface area is 231 Å². The molecule has 204 valence electrons. The largest absolute Gasteiger partial charge is 0.362 e. The van der Waals surface area contributed by atoms with Crippen LogP contribution in [0.1, 0.15) is 62.8 Å². The summed E-state index contributed by atoms with van der Waals surface area (Å²) < 4.78 is 13.3. The van der Waals surface area contributed by atoms with Crippen molar-refractivity contribution in [1.29, 1.82) is 0 Å². The summed E-state index contributed by atoms with van der Waals surface area (Å²) in [5.41, 5.74) is 4.36. The Bertz CT molecular complexity index is 1390. The molecule has 5 nitrogen and oxygen atoms in total. The topological polar surface area (TPSA) is 57.7 Å². The lowest BCUT2D eigenvalue weighted by atomic mass is 9.77. The number of aromatic nitrogens is 4. The van der Waals surface area contributed by atoms with Gasteiger partial charge in [-0.05, 0) is 104 Å². The molecule has 2 heterocycles. The zero-order valence-corrected chi connectivity index (χ0v) is 23.2. The number of fused-ring (bicyclic) bond motifs is 1. The van der Waals surface area contributed by atoms with E-state index in [4.69, 9.17) is 9.97 Å². The van der Waals surface area contributed by atoms with Crippen molar-refractivity contribution in [2.45, 2.75) is 64.2 Å². The molecule has 2 unspecified atom stereocenters. The average molecular weight is 526 g/mol. The molecule has 2 fully saturated rings. The number of H-pyrrole nitrogens is 1. The maximum Gasteiger partial charge on any atom is 0.139 e. The number of nitrogens with zero attached hydrogens (tertiary/aromatic N) is 4. The Hall–Kier alpha value is -3.28. The van der Waals surface area contributed by atoms with Crippen LogP contribution >= 0.6 is 0 Å². The van der Waals surface area contributed by atoms with Crippen LogP contribution in [0.15, 0.2) is 54.7 Å². The van der Waals surface area contributed by atoms with Crippen molar-refractivity contribution in [2.24, 2.45) is 23.7 Å². The van der Waals surface area contributed by atoms with Crippen LogP contribution in [0.2, 0.25) is 0 Å². The van der Waals surface area contributed by atoms with Gasteiger partial charge in [0.25, 0.3) is 0 Å². The number of benzene rings is 2. The fourth-order valence-electron chi connectivity index (χ4n) is 6.90. The SMILES string of the molecule is CN(C)c1nc(CCCC2CCC(C3CC3CCc3cn[nH]c3-c3ccc(F)cc3)CC2)nc2ccccc12. The fraction of sp³-hybridized carbons (Fsp3) is 0.485. The van der Waals surface area contributed by atoms with Crippen molar-refractivity contribution < 1.29 is 4.39 Å². The Morgan fingerprint density at radius 2 is 1.72 bits per heavy atom. The van der Waals surface area contributed by atoms with Crippen LogP contribution in [-0.4, -0.2) is 34.3 Å². The van der Waals surface area contributed by atoms with Gasteiger partial charge < -0.3 is 4.90 Å². The minimum atomic E-state index is -0.201. The number of hydrogen-bond donors (Lipinski definition) is 1. The molecule has 2 aromatic carbocycles. The Morgan fingerprint density at radius 3 is 2.51 bits per heavy atom. The molecule has 0 radical (unpaired) electrons. The van der Waals surface area contributed by atoms with Crippen LogP contribution in [0.5, 0.6) is 0 Å². The summed E-state index contributed by atoms with van der Waals surface area (Å²) in [7, 11) is 4.12. The number of anilines is 1. The number of halogens is 1. The molecule has 4 aromatic rings. The summed E-state index contributed by atoms with van der Waals surface area (Å²) in [4.78, 5) is 11.8. The number of aryl methyl sites for hydroxylation is 2. The average Bonchev–Trinajstić information content (AvgIpc) is 3.58. The molecule has 2 aliphatic carbocycles. The lowest BCUT2D eigenvalue weighted by Gasteiger charge is -2.29. The van der Waals surface area contributed by atoms with Gasteiger partial charge in [-0.1, -0.05) is 31.4 Å². The monoisotopic (exact) mass is 525 g/mol. The number of rotatable bonds is 10. The summed E-state index contributed by atoms with van der Waals surface area (Å²) in [6.45, 7) is 0. The lowest BCUT2D eigenvalue weighted by Crippen LogP contribution is -2.17. The third-order valence-electron chi connectivity index (χ3n) is 9.18. The van der Waals surface area contributed by atoms with E-state index >= 15 is 0 Å². The van der Waals surface area contributed by atoms with Crippen LogP contribution in [0.3, 0.4) is 0 Å². The first-order valence-corrected chi connectivity index (χ1v) is 14.8. The third kappa shape index (κ3) is 6.00. The first-order valence-electron chi connectivity index (χ1n) is 14.8. The molecule has 2 aromatic heterocycles. The van der Waals surface area contributed by atoms with Crippen LogP contribution in [0.4, 0.5) is 10.2 Å². The molecule has 2 saturated carbocycles. The summed E-state index contributed by atoms with van der Waals surface area (Å²) in [5.74, 6) is 5.35. The van der Waals surface area contributed by atoms with Crippen LogP contribution in [0, 0.1) is 29.5 Å². The number of nitrogens with one attached hydrogen (secondary N) is 1. The Balaban J connectivity index is 0.940. The molecular weight excluding hydrogens is 485 g/mol. The number of aromatic amines is 1. The molecule has 1 N–H and O–H groups in total. The second kappa shape index (κ2) is 11.4. The van der Waals surface area contributed by atoms with E-state index in [-0.39, 0.29) is 5.82 Å². The van der Waals surface area contributed by atoms with Gasteiger partial charge in [-0.3, -0.25) is 5.10 Å². The molecule has 0 saturated heterocycles. The van der Waals surface area contributed by atoms with E-state index < -0.39 is 0 Å². The molecule has 39 heavy (non-hydrogen) atoms. The van der Waals surface area contributed by atoms with Gasteiger partial charge in [-0.15, -0.1) is 0 Å². The van der Waals surface area contributed by atoms with E-state index in [1.807, 2.05) is 18.3 Å². The maximum atomic E-state index is 13.3. The minimum Gasteiger partial charge on any atom is -0.362 e. The number of hydrogen-bond acceptors (Lipinski definition) is 4. The highest BCUT2D eigenvalue weighted by atomic mass is 19.1. The molecule has 0 aliphatic heterocycles. The summed E-state index contributed by atoms with van der Waals surface area (Å²) in [5, 5.41) is 8.53. The van der Waals surface area contributed by atoms with Crippen molar-refractivity contribution in [3.05, 3.63) is 71.9 Å². The van der Waals surface area contributed by atoms with Crippen molar-refractivity contribution in [1.82, 2.24) is 20.2 Å². The Morgan fingerprint density at radius 1 is 0.923 bits per heavy atom. The smallest absolute Gasteiger partial charge is 0.139 e. The van der Waals surface area contributed by atoms with Gasteiger partial charge in [0.05, 0.1) is 17.4 Å². The minimum absolute atomic E-state index is 0.201. The highest BCUT2D eigenvalue weighted by molar-refractivity contribution is 5.89. The van der Waals surface area contributed by atoms with Gasteiger partial charge in [0.1, 0.15) is 17.5 Å². The van der Waals surface area contributed by atoms with Crippen molar-refractivity contribution in [3.8, 4) is 11.3 Å². The third-order valence-corrected chi connectivity index (χ3v) is 9.18. The van der Waals surface area contributed by atoms with Crippen LogP contribution in [0.25, 0.3) is 22.2 Å². The normalized spacial score (nSPS) is 22.7. The van der Waals surface area contributed by atoms with E-state index in [1.54, 1.807) is 0 Å². The first kappa shape index (κ1) is 26.0. The van der Waals surface area contributed by atoms with Gasteiger partial charge in [0.15, 0.2) is 0 Å². The van der Waals surface area contributed by atoms with Gasteiger partial charge in [-0.25, -0.2) is 14.4 Å². The lowest BCUT2D eigenvalue weighted by molar-refractivity contribution is 0.232. The van der Waals surface area contributed by atoms with Gasteiger partial charge in [-0.2, -0.15) is 5.10 Å². The van der Waals surface area contributed by atoms with Crippen LogP contribution < -0.4 is 4.90 Å². The maximum absolute atomic E-state index is 13.3. The molecule has 0 bridgehead atoms. The summed E-state index contributed by atoms with van der Waals surface area (Å²) >= 11 is 0. The zero-order chi connectivity index (χ0) is 26.8. The molecule has 0 spiro atoms. The van der Waals surface area contributed by atoms with E-state index in [0.717, 1.165) is 70.3 Å². The van der Waals surface area contributed by atoms with E-state index in [9.17, 15) is 4.39 Å². The second-order valence-electron chi connectivity index (χ2n) is 12.0. The molecule has 6 heteroatoms. The van der Waals surface area contributed by atoms with E-state index in [1.165, 1.54) is 69.1 Å². The second-order valence-corrected chi connectivity index (χ2v) is 12.0. The molecular formula is C33H40FN5. The molecule has 0 amide bonds. The molecule has 2 aliphatic rings. The standard InChI is InChI=1S/C33H40FN5/c1-39(2)33-28-7-3-4-8-30(28)36-31(37-33)9-5-6-22-10-12-23(13-11-22)29-20-25(29)14-15-26-21-35-38-32(26)24-16-18-27(34)19-17-24/h3-4,7-8,16-19,21-23,25,29H,5-6,9-15,20H2,1-2H3,(H,35,38). The van der Waals surface area contributed by atoms with Crippen molar-refractivity contribution in [2.75, 3.05) is 19.0 Å². The van der Waals surface area contributed by atoms with Crippen LogP contribution in [-0.2, 0) is 12.8 Å². The summed E-state index contributed by atoms with van der Waals surface area (Å²) in [6.07, 6.45) is 14.6. The predicted molar refractivity (Wildman–Crippen MR) is 156 cm³/mol. The van der Waals surface area contributed by atoms with E-state index in [2.05, 4.69) is 53.5 Å². The molecule has 6 rings (SSSR count). The summed E-state index contributed by atoms with van der Waals surface area (Å²) in [6, 6.07) is 15.0. The number of para-hydroxylation sites is 1. The highest BCUT2D eigenvalue weighted by Crippen LogP contribution is 2.52. The quantitative estimate of drug-likeness (QED) is 0.231. The first-order chi connectivity index (χ1) is 19.0.